The van der Waals surface area contributed by atoms with Crippen LogP contribution in [0.3, 0.4) is 0 Å². The number of hydrogen-bond acceptors (Lipinski definition) is 3. The molecule has 1 N–H and O–H groups in total. The third-order valence-electron chi connectivity index (χ3n) is 5.36. The van der Waals surface area contributed by atoms with Gasteiger partial charge in [-0.15, -0.1) is 0 Å². The number of benzene rings is 4. The highest BCUT2D eigenvalue weighted by atomic mass is 35.5. The van der Waals surface area contributed by atoms with Gasteiger partial charge in [-0.2, -0.15) is 5.26 Å². The van der Waals surface area contributed by atoms with Gasteiger partial charge >= 0.3 is 0 Å². The molecule has 0 spiro atoms. The lowest BCUT2D eigenvalue weighted by atomic mass is 10.0. The molecule has 0 aromatic heterocycles. The lowest BCUT2D eigenvalue weighted by Gasteiger charge is -2.13. The van der Waals surface area contributed by atoms with E-state index in [9.17, 15) is 10.1 Å². The second-order valence-electron chi connectivity index (χ2n) is 7.67. The molecule has 4 rings (SSSR count). The molecule has 4 aromatic rings. The molecule has 0 aliphatic carbocycles. The summed E-state index contributed by atoms with van der Waals surface area (Å²) in [4.78, 5) is 12.9. The van der Waals surface area contributed by atoms with Gasteiger partial charge in [0.25, 0.3) is 5.91 Å². The Kier molecular flexibility index (Phi) is 7.18. The summed E-state index contributed by atoms with van der Waals surface area (Å²) in [5.41, 5.74) is 2.82. The van der Waals surface area contributed by atoms with Crippen LogP contribution < -0.4 is 10.1 Å². The molecule has 0 bridgehead atoms. The fourth-order valence-corrected chi connectivity index (χ4v) is 3.85. The van der Waals surface area contributed by atoms with Crippen LogP contribution in [0.2, 0.25) is 10.0 Å². The topological polar surface area (TPSA) is 62.1 Å². The maximum Gasteiger partial charge on any atom is 0.266 e. The number of nitriles is 1. The van der Waals surface area contributed by atoms with Crippen LogP contribution >= 0.6 is 23.2 Å². The smallest absolute Gasteiger partial charge is 0.266 e. The van der Waals surface area contributed by atoms with E-state index in [4.69, 9.17) is 27.9 Å². The maximum atomic E-state index is 12.9. The second kappa shape index (κ2) is 10.4. The summed E-state index contributed by atoms with van der Waals surface area (Å²) in [6, 6.07) is 26.1. The Morgan fingerprint density at radius 2 is 1.76 bits per heavy atom. The molecule has 4 nitrogen and oxygen atoms in total. The molecule has 0 unspecified atom stereocenters. The number of aryl methyl sites for hydroxylation is 1. The predicted octanol–water partition coefficient (Wildman–Crippen LogP) is 7.58. The van der Waals surface area contributed by atoms with Crippen molar-refractivity contribution in [2.75, 3.05) is 5.32 Å². The van der Waals surface area contributed by atoms with Gasteiger partial charge in [0.05, 0.1) is 0 Å². The minimum absolute atomic E-state index is 0.0596. The minimum atomic E-state index is -0.535. The average Bonchev–Trinajstić information content (AvgIpc) is 2.84. The number of halogens is 2. The summed E-state index contributed by atoms with van der Waals surface area (Å²) < 4.78 is 6.10. The number of nitrogens with one attached hydrogen (secondary N) is 1. The summed E-state index contributed by atoms with van der Waals surface area (Å²) in [6.45, 7) is 2.12. The summed E-state index contributed by atoms with van der Waals surface area (Å²) in [5, 5.41) is 15.5. The number of hydrogen-bond donors (Lipinski definition) is 1. The minimum Gasteiger partial charge on any atom is -0.488 e. The molecule has 0 fully saturated rings. The first-order valence-corrected chi connectivity index (χ1v) is 11.3. The van der Waals surface area contributed by atoms with Gasteiger partial charge in [0.1, 0.15) is 24.0 Å². The van der Waals surface area contributed by atoms with Crippen LogP contribution in [-0.4, -0.2) is 5.91 Å². The highest BCUT2D eigenvalue weighted by molar-refractivity contribution is 6.32. The quantitative estimate of drug-likeness (QED) is 0.225. The lowest BCUT2D eigenvalue weighted by molar-refractivity contribution is -0.112. The van der Waals surface area contributed by atoms with Crippen LogP contribution in [0, 0.1) is 18.3 Å². The summed E-state index contributed by atoms with van der Waals surface area (Å²) in [5.74, 6) is 0.00459. The van der Waals surface area contributed by atoms with Crippen molar-refractivity contribution in [3.8, 4) is 11.8 Å². The fourth-order valence-electron chi connectivity index (χ4n) is 3.48. The van der Waals surface area contributed by atoms with Gasteiger partial charge in [-0.3, -0.25) is 4.79 Å². The Morgan fingerprint density at radius 1 is 1.00 bits per heavy atom. The van der Waals surface area contributed by atoms with E-state index in [1.54, 1.807) is 30.3 Å². The molecular weight excluding hydrogens is 467 g/mol. The van der Waals surface area contributed by atoms with Crippen molar-refractivity contribution in [3.63, 3.8) is 0 Å². The van der Waals surface area contributed by atoms with Crippen molar-refractivity contribution in [2.24, 2.45) is 0 Å². The number of ether oxygens (including phenoxy) is 1. The van der Waals surface area contributed by atoms with E-state index in [2.05, 4.69) is 5.32 Å². The molecule has 0 atom stereocenters. The Labute approximate surface area is 208 Å². The first kappa shape index (κ1) is 23.4. The predicted molar refractivity (Wildman–Crippen MR) is 138 cm³/mol. The van der Waals surface area contributed by atoms with E-state index in [1.165, 1.54) is 0 Å². The second-order valence-corrected chi connectivity index (χ2v) is 8.48. The van der Waals surface area contributed by atoms with E-state index < -0.39 is 5.91 Å². The first-order valence-electron chi connectivity index (χ1n) is 10.5. The molecule has 0 saturated heterocycles. The van der Waals surface area contributed by atoms with Gasteiger partial charge in [-0.1, -0.05) is 77.8 Å². The zero-order valence-electron chi connectivity index (χ0n) is 18.3. The molecule has 0 aliphatic rings. The van der Waals surface area contributed by atoms with Gasteiger partial charge < -0.3 is 10.1 Å². The standard InChI is InChI=1S/C28H20Cl2N2O2/c1-18-10-12-22(15-26(18)30)32-28(33)21(16-31)14-24-23-8-4-2-6-19(23)11-13-27(24)34-17-20-7-3-5-9-25(20)29/h2-15H,17H2,1H3,(H,32,33)/b21-14+. The van der Waals surface area contributed by atoms with Crippen LogP contribution in [0.25, 0.3) is 16.8 Å². The number of fused-ring (bicyclic) bond motifs is 1. The summed E-state index contributed by atoms with van der Waals surface area (Å²) in [6.07, 6.45) is 1.55. The van der Waals surface area contributed by atoms with Crippen LogP contribution in [0.15, 0.2) is 84.4 Å². The fraction of sp³-hybridized carbons (Fsp3) is 0.0714. The van der Waals surface area contributed by atoms with Crippen molar-refractivity contribution in [3.05, 3.63) is 111 Å². The molecule has 6 heteroatoms. The highest BCUT2D eigenvalue weighted by Gasteiger charge is 2.15. The molecule has 0 aliphatic heterocycles. The zero-order valence-corrected chi connectivity index (χ0v) is 19.8. The van der Waals surface area contributed by atoms with Crippen molar-refractivity contribution in [1.82, 2.24) is 0 Å². The van der Waals surface area contributed by atoms with E-state index in [-0.39, 0.29) is 12.2 Å². The Hall–Kier alpha value is -3.78. The van der Waals surface area contributed by atoms with Gasteiger partial charge in [-0.05, 0) is 53.6 Å². The third-order valence-corrected chi connectivity index (χ3v) is 6.13. The lowest BCUT2D eigenvalue weighted by Crippen LogP contribution is -2.13. The van der Waals surface area contributed by atoms with E-state index in [0.717, 1.165) is 21.9 Å². The summed E-state index contributed by atoms with van der Waals surface area (Å²) in [7, 11) is 0. The van der Waals surface area contributed by atoms with Crippen LogP contribution in [-0.2, 0) is 11.4 Å². The Morgan fingerprint density at radius 3 is 2.53 bits per heavy atom. The molecule has 0 radical (unpaired) electrons. The molecular formula is C28H20Cl2N2O2. The van der Waals surface area contributed by atoms with E-state index in [0.29, 0.717) is 27.0 Å². The number of nitrogens with zero attached hydrogens (tertiary/aromatic N) is 1. The number of rotatable bonds is 6. The zero-order chi connectivity index (χ0) is 24.1. The van der Waals surface area contributed by atoms with Crippen LogP contribution in [0.1, 0.15) is 16.7 Å². The first-order chi connectivity index (χ1) is 16.5. The number of carbonyl (C=O) groups excluding carboxylic acids is 1. The van der Waals surface area contributed by atoms with E-state index >= 15 is 0 Å². The number of amides is 1. The number of anilines is 1. The van der Waals surface area contributed by atoms with Gasteiger partial charge in [-0.25, -0.2) is 0 Å². The normalized spacial score (nSPS) is 11.2. The van der Waals surface area contributed by atoms with Crippen LogP contribution in [0.4, 0.5) is 5.69 Å². The Balaban J connectivity index is 1.70. The molecule has 34 heavy (non-hydrogen) atoms. The largest absolute Gasteiger partial charge is 0.488 e. The van der Waals surface area contributed by atoms with Crippen molar-refractivity contribution in [1.29, 1.82) is 5.26 Å². The van der Waals surface area contributed by atoms with Crippen molar-refractivity contribution < 1.29 is 9.53 Å². The SMILES string of the molecule is Cc1ccc(NC(=O)/C(C#N)=C/c2c(OCc3ccccc3Cl)ccc3ccccc23)cc1Cl. The van der Waals surface area contributed by atoms with Crippen molar-refractivity contribution in [2.45, 2.75) is 13.5 Å². The van der Waals surface area contributed by atoms with Gasteiger partial charge in [0, 0.05) is 26.9 Å². The van der Waals surface area contributed by atoms with Gasteiger partial charge in [0.2, 0.25) is 0 Å². The van der Waals surface area contributed by atoms with E-state index in [1.807, 2.05) is 67.6 Å². The molecule has 4 aromatic carbocycles. The maximum absolute atomic E-state index is 12.9. The Bertz CT molecular complexity index is 1450. The van der Waals surface area contributed by atoms with Crippen molar-refractivity contribution >= 4 is 51.6 Å². The van der Waals surface area contributed by atoms with Gasteiger partial charge in [0.15, 0.2) is 0 Å². The summed E-state index contributed by atoms with van der Waals surface area (Å²) >= 11 is 12.4. The molecule has 0 heterocycles. The molecule has 0 saturated carbocycles. The number of carbonyl (C=O) groups is 1. The average molecular weight is 487 g/mol. The molecule has 168 valence electrons. The molecule has 1 amide bonds. The monoisotopic (exact) mass is 486 g/mol. The highest BCUT2D eigenvalue weighted by Crippen LogP contribution is 2.32. The third kappa shape index (κ3) is 5.23. The van der Waals surface area contributed by atoms with Crippen LogP contribution in [0.5, 0.6) is 5.75 Å².